The fourth-order valence-corrected chi connectivity index (χ4v) is 6.86. The van der Waals surface area contributed by atoms with Gasteiger partial charge >= 0.3 is 0 Å². The van der Waals surface area contributed by atoms with Crippen LogP contribution in [0, 0.1) is 11.6 Å². The van der Waals surface area contributed by atoms with E-state index in [1.54, 1.807) is 0 Å². The summed E-state index contributed by atoms with van der Waals surface area (Å²) in [5.41, 5.74) is 6.22. The average molecular weight is 564 g/mol. The van der Waals surface area contributed by atoms with Gasteiger partial charge in [-0.25, -0.2) is 26.5 Å². The van der Waals surface area contributed by atoms with Crippen LogP contribution in [0.4, 0.5) is 25.4 Å². The quantitative estimate of drug-likeness (QED) is 0.334. The first-order valence-electron chi connectivity index (χ1n) is 12.5. The summed E-state index contributed by atoms with van der Waals surface area (Å²) in [6.07, 6.45) is 2.00. The molecule has 1 aliphatic heterocycles. The lowest BCUT2D eigenvalue weighted by Crippen LogP contribution is -2.45. The Morgan fingerprint density at radius 2 is 1.76 bits per heavy atom. The Balaban J connectivity index is 1.33. The number of rotatable bonds is 11. The standard InChI is InChI=1S/C26H31F2N5O3S2/c1-2-13-32(19-7-4-3-5-8-19)16-17-38(35,36)33-14-11-18(12-15-33)30-26-31-25(29)24(37-26)23(34)22-20(27)9-6-10-21(22)28/h3-10,18H,2,11-17,29H2,1H3,(H,30,31). The van der Waals surface area contributed by atoms with Crippen molar-refractivity contribution in [1.29, 1.82) is 0 Å². The Bertz CT molecular complexity index is 1340. The molecule has 8 nitrogen and oxygen atoms in total. The number of hydrogen-bond acceptors (Lipinski definition) is 8. The highest BCUT2D eigenvalue weighted by atomic mass is 32.2. The number of aromatic nitrogens is 1. The van der Waals surface area contributed by atoms with Crippen LogP contribution in [0.15, 0.2) is 48.5 Å². The molecule has 1 fully saturated rings. The van der Waals surface area contributed by atoms with Gasteiger partial charge in [0.15, 0.2) is 5.13 Å². The molecule has 1 aliphatic rings. The van der Waals surface area contributed by atoms with Crippen LogP contribution in [0.3, 0.4) is 0 Å². The number of hydrogen-bond donors (Lipinski definition) is 2. The van der Waals surface area contributed by atoms with Gasteiger partial charge in [0.25, 0.3) is 0 Å². The summed E-state index contributed by atoms with van der Waals surface area (Å²) in [4.78, 5) is 18.9. The van der Waals surface area contributed by atoms with Crippen LogP contribution in [0.5, 0.6) is 0 Å². The van der Waals surface area contributed by atoms with Gasteiger partial charge < -0.3 is 16.0 Å². The Hall–Kier alpha value is -3.09. The minimum absolute atomic E-state index is 0.0288. The van der Waals surface area contributed by atoms with Crippen molar-refractivity contribution >= 4 is 43.8 Å². The number of nitrogens with zero attached hydrogens (tertiary/aromatic N) is 3. The summed E-state index contributed by atoms with van der Waals surface area (Å²) < 4.78 is 55.8. The maximum Gasteiger partial charge on any atom is 0.215 e. The number of nitrogens with two attached hydrogens (primary N) is 1. The smallest absolute Gasteiger partial charge is 0.215 e. The van der Waals surface area contributed by atoms with Crippen molar-refractivity contribution in [1.82, 2.24) is 9.29 Å². The normalized spacial score (nSPS) is 14.9. The summed E-state index contributed by atoms with van der Waals surface area (Å²) >= 11 is 0.926. The van der Waals surface area contributed by atoms with Gasteiger partial charge in [-0.3, -0.25) is 4.79 Å². The van der Waals surface area contributed by atoms with Crippen LogP contribution in [0.2, 0.25) is 0 Å². The molecule has 4 rings (SSSR count). The van der Waals surface area contributed by atoms with Crippen LogP contribution in [-0.4, -0.2) is 61.5 Å². The molecule has 3 N–H and O–H groups in total. The maximum atomic E-state index is 14.1. The molecule has 0 spiro atoms. The SMILES string of the molecule is CCCN(CCS(=O)(=O)N1CCC(Nc2nc(N)c(C(=O)c3c(F)cccc3F)s2)CC1)c1ccccc1. The average Bonchev–Trinajstić information content (AvgIpc) is 3.27. The second kappa shape index (κ2) is 12.2. The van der Waals surface area contributed by atoms with Crippen LogP contribution >= 0.6 is 11.3 Å². The van der Waals surface area contributed by atoms with E-state index in [-0.39, 0.29) is 22.5 Å². The Morgan fingerprint density at radius 3 is 2.39 bits per heavy atom. The molecule has 38 heavy (non-hydrogen) atoms. The third-order valence-electron chi connectivity index (χ3n) is 6.46. The number of anilines is 3. The lowest BCUT2D eigenvalue weighted by molar-refractivity contribution is 0.103. The number of carbonyl (C=O) groups is 1. The van der Waals surface area contributed by atoms with Gasteiger partial charge in [-0.15, -0.1) is 0 Å². The van der Waals surface area contributed by atoms with Gasteiger partial charge in [0.05, 0.1) is 11.3 Å². The van der Waals surface area contributed by atoms with Gasteiger partial charge in [0.2, 0.25) is 15.8 Å². The monoisotopic (exact) mass is 563 g/mol. The van der Waals surface area contributed by atoms with E-state index in [9.17, 15) is 22.0 Å². The van der Waals surface area contributed by atoms with Crippen molar-refractivity contribution in [3.63, 3.8) is 0 Å². The van der Waals surface area contributed by atoms with Gasteiger partial charge in [0.1, 0.15) is 22.3 Å². The Labute approximate surface area is 225 Å². The van der Waals surface area contributed by atoms with E-state index in [0.717, 1.165) is 42.1 Å². The molecular weight excluding hydrogens is 532 g/mol. The number of benzene rings is 2. The fraction of sp³-hybridized carbons (Fsp3) is 0.385. The molecule has 1 saturated heterocycles. The zero-order valence-corrected chi connectivity index (χ0v) is 22.7. The highest BCUT2D eigenvalue weighted by Crippen LogP contribution is 2.30. The van der Waals surface area contributed by atoms with Crippen LogP contribution < -0.4 is 16.0 Å². The topological polar surface area (TPSA) is 109 Å². The van der Waals surface area contributed by atoms with Gasteiger partial charge in [-0.05, 0) is 43.5 Å². The number of ketones is 1. The minimum Gasteiger partial charge on any atom is -0.382 e. The molecule has 3 aromatic rings. The van der Waals surface area contributed by atoms with E-state index in [1.807, 2.05) is 30.3 Å². The number of halogens is 2. The summed E-state index contributed by atoms with van der Waals surface area (Å²) in [6.45, 7) is 3.96. The first-order valence-corrected chi connectivity index (χ1v) is 14.9. The zero-order valence-electron chi connectivity index (χ0n) is 21.1. The van der Waals surface area contributed by atoms with E-state index in [1.165, 1.54) is 10.4 Å². The van der Waals surface area contributed by atoms with Gasteiger partial charge in [-0.1, -0.05) is 42.5 Å². The summed E-state index contributed by atoms with van der Waals surface area (Å²) in [5.74, 6) is -2.88. The molecule has 0 amide bonds. The van der Waals surface area contributed by atoms with Crippen molar-refractivity contribution in [2.75, 3.05) is 47.9 Å². The molecule has 0 aliphatic carbocycles. The Morgan fingerprint density at radius 1 is 1.11 bits per heavy atom. The van der Waals surface area contributed by atoms with E-state index in [2.05, 4.69) is 22.1 Å². The number of thiazole rings is 1. The van der Waals surface area contributed by atoms with Gasteiger partial charge in [0, 0.05) is 37.9 Å². The highest BCUT2D eigenvalue weighted by Gasteiger charge is 2.30. The predicted molar refractivity (Wildman–Crippen MR) is 147 cm³/mol. The fourth-order valence-electron chi connectivity index (χ4n) is 4.47. The van der Waals surface area contributed by atoms with Crippen molar-refractivity contribution in [3.05, 3.63) is 70.6 Å². The zero-order chi connectivity index (χ0) is 27.3. The lowest BCUT2D eigenvalue weighted by Gasteiger charge is -2.32. The third-order valence-corrected chi connectivity index (χ3v) is 9.31. The largest absolute Gasteiger partial charge is 0.382 e. The van der Waals surface area contributed by atoms with Crippen molar-refractivity contribution in [2.45, 2.75) is 32.2 Å². The molecule has 2 aromatic carbocycles. The first kappa shape index (κ1) is 27.9. The molecular formula is C26H31F2N5O3S2. The molecule has 0 unspecified atom stereocenters. The molecule has 0 saturated carbocycles. The summed E-state index contributed by atoms with van der Waals surface area (Å²) in [6, 6.07) is 12.9. The second-order valence-corrected chi connectivity index (χ2v) is 12.2. The number of piperidine rings is 1. The minimum atomic E-state index is -3.44. The molecule has 0 bridgehead atoms. The van der Waals surface area contributed by atoms with E-state index in [0.29, 0.717) is 37.6 Å². The first-order chi connectivity index (χ1) is 18.2. The second-order valence-electron chi connectivity index (χ2n) is 9.12. The molecule has 1 aromatic heterocycles. The number of para-hydroxylation sites is 1. The highest BCUT2D eigenvalue weighted by molar-refractivity contribution is 7.89. The predicted octanol–water partition coefficient (Wildman–Crippen LogP) is 4.36. The van der Waals surface area contributed by atoms with Crippen molar-refractivity contribution in [2.24, 2.45) is 0 Å². The van der Waals surface area contributed by atoms with Crippen LogP contribution in [0.25, 0.3) is 0 Å². The third kappa shape index (κ3) is 6.48. The molecule has 12 heteroatoms. The van der Waals surface area contributed by atoms with E-state index in [4.69, 9.17) is 5.73 Å². The van der Waals surface area contributed by atoms with Crippen molar-refractivity contribution in [3.8, 4) is 0 Å². The number of carbonyl (C=O) groups excluding carboxylic acids is 1. The van der Waals surface area contributed by atoms with Crippen LogP contribution in [-0.2, 0) is 10.0 Å². The van der Waals surface area contributed by atoms with Crippen molar-refractivity contribution < 1.29 is 22.0 Å². The maximum absolute atomic E-state index is 14.1. The Kier molecular flexibility index (Phi) is 8.95. The molecule has 0 atom stereocenters. The summed E-state index contributed by atoms with van der Waals surface area (Å²) in [5, 5.41) is 3.55. The lowest BCUT2D eigenvalue weighted by atomic mass is 10.1. The van der Waals surface area contributed by atoms with Gasteiger partial charge in [-0.2, -0.15) is 0 Å². The number of nitrogens with one attached hydrogen (secondary N) is 1. The number of nitrogen functional groups attached to an aromatic ring is 1. The molecule has 204 valence electrons. The summed E-state index contributed by atoms with van der Waals surface area (Å²) in [7, 11) is -3.44. The van der Waals surface area contributed by atoms with Crippen LogP contribution in [0.1, 0.15) is 41.4 Å². The van der Waals surface area contributed by atoms with E-state index < -0.39 is 33.0 Å². The molecule has 0 radical (unpaired) electrons. The van der Waals surface area contributed by atoms with E-state index >= 15 is 0 Å². The molecule has 2 heterocycles. The number of sulfonamides is 1.